The third kappa shape index (κ3) is 8.44. The van der Waals surface area contributed by atoms with Crippen molar-refractivity contribution in [2.24, 2.45) is 10.9 Å². The van der Waals surface area contributed by atoms with E-state index in [0.717, 1.165) is 31.2 Å². The standard InChI is InChI=1S/C19H33N3O3.HI/c1-7-20-19(21-12-11-16(14(3)4)25-8-2)22-15-9-10-17(23-5)18(13-15)24-6;/h9-10,13-14,16H,7-8,11-12H2,1-6H3,(H2,20,21,22);1H. The lowest BCUT2D eigenvalue weighted by Gasteiger charge is -2.20. The summed E-state index contributed by atoms with van der Waals surface area (Å²) >= 11 is 0. The minimum Gasteiger partial charge on any atom is -0.493 e. The van der Waals surface area contributed by atoms with Crippen molar-refractivity contribution >= 4 is 35.6 Å². The van der Waals surface area contributed by atoms with Crippen molar-refractivity contribution in [2.45, 2.75) is 40.2 Å². The summed E-state index contributed by atoms with van der Waals surface area (Å²) in [6, 6.07) is 5.70. The zero-order valence-corrected chi connectivity index (χ0v) is 19.1. The highest BCUT2D eigenvalue weighted by Gasteiger charge is 2.13. The average molecular weight is 479 g/mol. The summed E-state index contributed by atoms with van der Waals surface area (Å²) in [5, 5.41) is 6.56. The van der Waals surface area contributed by atoms with Crippen molar-refractivity contribution in [3.8, 4) is 11.5 Å². The van der Waals surface area contributed by atoms with E-state index >= 15 is 0 Å². The Balaban J connectivity index is 0.00000625. The Hall–Kier alpha value is -1.22. The summed E-state index contributed by atoms with van der Waals surface area (Å²) < 4.78 is 16.4. The molecule has 26 heavy (non-hydrogen) atoms. The number of methoxy groups -OCH3 is 2. The average Bonchev–Trinajstić information content (AvgIpc) is 2.60. The number of aliphatic imine (C=N–C) groups is 1. The Morgan fingerprint density at radius 2 is 1.81 bits per heavy atom. The van der Waals surface area contributed by atoms with Gasteiger partial charge in [0.2, 0.25) is 0 Å². The van der Waals surface area contributed by atoms with Crippen molar-refractivity contribution < 1.29 is 14.2 Å². The van der Waals surface area contributed by atoms with E-state index in [4.69, 9.17) is 14.2 Å². The van der Waals surface area contributed by atoms with Gasteiger partial charge in [-0.1, -0.05) is 13.8 Å². The molecule has 1 aromatic rings. The fraction of sp³-hybridized carbons (Fsp3) is 0.632. The summed E-state index contributed by atoms with van der Waals surface area (Å²) in [6.45, 7) is 10.7. The first-order valence-electron chi connectivity index (χ1n) is 8.94. The molecular weight excluding hydrogens is 445 g/mol. The molecule has 2 N–H and O–H groups in total. The van der Waals surface area contributed by atoms with Gasteiger partial charge in [-0.15, -0.1) is 24.0 Å². The fourth-order valence-corrected chi connectivity index (χ4v) is 2.48. The quantitative estimate of drug-likeness (QED) is 0.300. The topological polar surface area (TPSA) is 64.1 Å². The second-order valence-electron chi connectivity index (χ2n) is 5.98. The second-order valence-corrected chi connectivity index (χ2v) is 5.98. The zero-order chi connectivity index (χ0) is 18.7. The Labute approximate surface area is 175 Å². The maximum absolute atomic E-state index is 5.78. The molecule has 1 aromatic carbocycles. The number of guanidine groups is 1. The molecule has 1 rings (SSSR count). The van der Waals surface area contributed by atoms with Crippen LogP contribution in [0.1, 0.15) is 34.1 Å². The lowest BCUT2D eigenvalue weighted by Crippen LogP contribution is -2.31. The second kappa shape index (κ2) is 13.9. The molecule has 6 nitrogen and oxygen atoms in total. The molecule has 1 atom stereocenters. The van der Waals surface area contributed by atoms with Crippen LogP contribution in [0.5, 0.6) is 11.5 Å². The van der Waals surface area contributed by atoms with Crippen molar-refractivity contribution in [3.63, 3.8) is 0 Å². The van der Waals surface area contributed by atoms with Crippen LogP contribution in [0.4, 0.5) is 5.69 Å². The minimum absolute atomic E-state index is 0. The van der Waals surface area contributed by atoms with Gasteiger partial charge in [0.15, 0.2) is 17.5 Å². The minimum atomic E-state index is 0. The summed E-state index contributed by atoms with van der Waals surface area (Å²) in [6.07, 6.45) is 1.13. The van der Waals surface area contributed by atoms with Gasteiger partial charge in [-0.2, -0.15) is 0 Å². The first kappa shape index (κ1) is 24.8. The lowest BCUT2D eigenvalue weighted by molar-refractivity contribution is 0.0266. The van der Waals surface area contributed by atoms with E-state index in [9.17, 15) is 0 Å². The predicted molar refractivity (Wildman–Crippen MR) is 119 cm³/mol. The smallest absolute Gasteiger partial charge is 0.195 e. The number of hydrogen-bond donors (Lipinski definition) is 2. The molecule has 0 heterocycles. The Kier molecular flexibility index (Phi) is 13.3. The number of halogens is 1. The molecule has 0 saturated heterocycles. The largest absolute Gasteiger partial charge is 0.493 e. The number of anilines is 1. The van der Waals surface area contributed by atoms with Gasteiger partial charge in [0.25, 0.3) is 0 Å². The summed E-state index contributed by atoms with van der Waals surface area (Å²) in [5.74, 6) is 2.61. The van der Waals surface area contributed by atoms with Crippen LogP contribution in [-0.2, 0) is 4.74 Å². The summed E-state index contributed by atoms with van der Waals surface area (Å²) in [5.41, 5.74) is 0.891. The monoisotopic (exact) mass is 479 g/mol. The molecule has 0 aliphatic rings. The number of nitrogens with one attached hydrogen (secondary N) is 2. The van der Waals surface area contributed by atoms with Gasteiger partial charge in [-0.3, -0.25) is 4.99 Å². The van der Waals surface area contributed by atoms with Gasteiger partial charge in [0.1, 0.15) is 0 Å². The normalized spacial score (nSPS) is 12.3. The maximum Gasteiger partial charge on any atom is 0.195 e. The molecule has 1 unspecified atom stereocenters. The predicted octanol–water partition coefficient (Wildman–Crippen LogP) is 4.15. The number of rotatable bonds is 10. The van der Waals surface area contributed by atoms with Crippen LogP contribution < -0.4 is 20.1 Å². The van der Waals surface area contributed by atoms with Crippen LogP contribution in [0.3, 0.4) is 0 Å². The third-order valence-electron chi connectivity index (χ3n) is 3.80. The molecule has 7 heteroatoms. The Bertz CT molecular complexity index is 539. The highest BCUT2D eigenvalue weighted by Crippen LogP contribution is 2.29. The number of benzene rings is 1. The molecule has 0 amide bonds. The zero-order valence-electron chi connectivity index (χ0n) is 16.8. The fourth-order valence-electron chi connectivity index (χ4n) is 2.48. The molecule has 0 saturated carbocycles. The van der Waals surface area contributed by atoms with E-state index in [2.05, 4.69) is 29.5 Å². The van der Waals surface area contributed by atoms with E-state index in [0.29, 0.717) is 24.0 Å². The summed E-state index contributed by atoms with van der Waals surface area (Å²) in [4.78, 5) is 4.65. The van der Waals surface area contributed by atoms with Crippen molar-refractivity contribution in [3.05, 3.63) is 18.2 Å². The van der Waals surface area contributed by atoms with E-state index in [1.807, 2.05) is 32.0 Å². The molecule has 0 aliphatic heterocycles. The van der Waals surface area contributed by atoms with E-state index in [1.165, 1.54) is 0 Å². The Morgan fingerprint density at radius 1 is 1.12 bits per heavy atom. The summed E-state index contributed by atoms with van der Waals surface area (Å²) in [7, 11) is 3.25. The lowest BCUT2D eigenvalue weighted by atomic mass is 10.0. The van der Waals surface area contributed by atoms with Crippen LogP contribution in [-0.4, -0.2) is 46.0 Å². The van der Waals surface area contributed by atoms with E-state index in [1.54, 1.807) is 14.2 Å². The van der Waals surface area contributed by atoms with Crippen molar-refractivity contribution in [2.75, 3.05) is 39.2 Å². The van der Waals surface area contributed by atoms with Gasteiger partial charge < -0.3 is 24.8 Å². The van der Waals surface area contributed by atoms with Crippen LogP contribution in [0.2, 0.25) is 0 Å². The number of hydrogen-bond acceptors (Lipinski definition) is 4. The number of nitrogens with zero attached hydrogens (tertiary/aromatic N) is 1. The molecule has 0 fully saturated rings. The molecule has 0 aromatic heterocycles. The Morgan fingerprint density at radius 3 is 2.35 bits per heavy atom. The first-order valence-corrected chi connectivity index (χ1v) is 8.94. The molecule has 0 bridgehead atoms. The van der Waals surface area contributed by atoms with Gasteiger partial charge in [0, 0.05) is 31.5 Å². The molecule has 0 radical (unpaired) electrons. The van der Waals surface area contributed by atoms with Crippen molar-refractivity contribution in [1.82, 2.24) is 5.32 Å². The first-order chi connectivity index (χ1) is 12.0. The highest BCUT2D eigenvalue weighted by atomic mass is 127. The van der Waals surface area contributed by atoms with Gasteiger partial charge in [-0.05, 0) is 38.3 Å². The van der Waals surface area contributed by atoms with Gasteiger partial charge in [0.05, 0.1) is 20.3 Å². The van der Waals surface area contributed by atoms with Crippen LogP contribution in [0.25, 0.3) is 0 Å². The van der Waals surface area contributed by atoms with E-state index < -0.39 is 0 Å². The highest BCUT2D eigenvalue weighted by molar-refractivity contribution is 14.0. The SMILES string of the molecule is CCNC(=NCCC(OCC)C(C)C)Nc1ccc(OC)c(OC)c1.I. The molecule has 0 spiro atoms. The van der Waals surface area contributed by atoms with Gasteiger partial charge in [-0.25, -0.2) is 0 Å². The number of ether oxygens (including phenoxy) is 3. The van der Waals surface area contributed by atoms with Gasteiger partial charge >= 0.3 is 0 Å². The van der Waals surface area contributed by atoms with E-state index in [-0.39, 0.29) is 30.1 Å². The molecule has 150 valence electrons. The molecular formula is C19H34IN3O3. The van der Waals surface area contributed by atoms with Crippen LogP contribution >= 0.6 is 24.0 Å². The van der Waals surface area contributed by atoms with Crippen LogP contribution in [0, 0.1) is 5.92 Å². The molecule has 0 aliphatic carbocycles. The van der Waals surface area contributed by atoms with Crippen molar-refractivity contribution in [1.29, 1.82) is 0 Å². The maximum atomic E-state index is 5.78. The van der Waals surface area contributed by atoms with Crippen LogP contribution in [0.15, 0.2) is 23.2 Å². The third-order valence-corrected chi connectivity index (χ3v) is 3.80.